The normalized spacial score (nSPS) is 13.9. The number of hydrogen-bond acceptors (Lipinski definition) is 3. The molecule has 1 aliphatic carbocycles. The van der Waals surface area contributed by atoms with Gasteiger partial charge in [0, 0.05) is 31.7 Å². The summed E-state index contributed by atoms with van der Waals surface area (Å²) in [5, 5.41) is 2.25. The predicted molar refractivity (Wildman–Crippen MR) is 236 cm³/mol. The summed E-state index contributed by atoms with van der Waals surface area (Å²) in [6.07, 6.45) is 10.6. The summed E-state index contributed by atoms with van der Waals surface area (Å²) in [6.45, 7) is 13.7. The Labute approximate surface area is 351 Å². The second-order valence-corrected chi connectivity index (χ2v) is 29.1. The minimum Gasteiger partial charge on any atom is 0 e. The van der Waals surface area contributed by atoms with Gasteiger partial charge in [0.05, 0.1) is 5.58 Å². The van der Waals surface area contributed by atoms with Crippen LogP contribution in [0, 0.1) is 12.1 Å². The molecule has 0 bridgehead atoms. The monoisotopic (exact) mass is 979 g/mol. The summed E-state index contributed by atoms with van der Waals surface area (Å²) in [6, 6.07) is 41.3. The van der Waals surface area contributed by atoms with Crippen molar-refractivity contribution in [2.24, 2.45) is 0 Å². The molecule has 7 aromatic rings. The van der Waals surface area contributed by atoms with Crippen molar-refractivity contribution < 1.29 is 24.5 Å². The van der Waals surface area contributed by atoms with Gasteiger partial charge in [0.25, 0.3) is 0 Å². The summed E-state index contributed by atoms with van der Waals surface area (Å²) in [5.74, 6) is 7.78. The van der Waals surface area contributed by atoms with Gasteiger partial charge in [-0.05, 0) is 69.7 Å². The fraction of sp³-hybridized carbons (Fsp3) is 0.333. The van der Waals surface area contributed by atoms with Crippen molar-refractivity contribution in [1.82, 2.24) is 9.97 Å². The molecule has 0 N–H and O–H groups in total. The van der Waals surface area contributed by atoms with Crippen molar-refractivity contribution in [3.8, 4) is 33.6 Å². The van der Waals surface area contributed by atoms with Gasteiger partial charge in [-0.15, -0.1) is 18.2 Å². The van der Waals surface area contributed by atoms with E-state index in [1.165, 1.54) is 64.3 Å². The maximum absolute atomic E-state index is 6.61. The fourth-order valence-corrected chi connectivity index (χ4v) is 9.77. The Morgan fingerprint density at radius 2 is 1.39 bits per heavy atom. The Kier molecular flexibility index (Phi) is 12.7. The van der Waals surface area contributed by atoms with Crippen LogP contribution in [0.2, 0.25) is 17.3 Å². The summed E-state index contributed by atoms with van der Waals surface area (Å²) in [5.41, 5.74) is 12.4. The van der Waals surface area contributed by atoms with Crippen molar-refractivity contribution >= 4 is 39.6 Å². The Bertz CT molecular complexity index is 2370. The van der Waals surface area contributed by atoms with Gasteiger partial charge < -0.3 is 9.40 Å². The molecule has 0 spiro atoms. The van der Waals surface area contributed by atoms with Crippen LogP contribution in [0.4, 0.5) is 0 Å². The zero-order valence-electron chi connectivity index (χ0n) is 34.6. The van der Waals surface area contributed by atoms with Crippen molar-refractivity contribution in [1.29, 1.82) is 0 Å². The molecule has 56 heavy (non-hydrogen) atoms. The summed E-state index contributed by atoms with van der Waals surface area (Å²) in [4.78, 5) is 9.30. The molecule has 5 heteroatoms. The number of nitrogens with zero attached hydrogens (tertiary/aromatic N) is 2. The van der Waals surface area contributed by atoms with Crippen LogP contribution in [0.15, 0.2) is 114 Å². The van der Waals surface area contributed by atoms with Crippen LogP contribution >= 0.6 is 0 Å². The molecule has 0 atom stereocenters. The van der Waals surface area contributed by atoms with Crippen LogP contribution in [0.1, 0.15) is 96.3 Å². The third-order valence-electron chi connectivity index (χ3n) is 11.2. The van der Waals surface area contributed by atoms with Gasteiger partial charge in [-0.1, -0.05) is 114 Å². The molecule has 4 aromatic carbocycles. The van der Waals surface area contributed by atoms with E-state index in [1.54, 1.807) is 0 Å². The average Bonchev–Trinajstić information content (AvgIpc) is 3.56. The topological polar surface area (TPSA) is 38.9 Å². The van der Waals surface area contributed by atoms with Crippen LogP contribution in [-0.2, 0) is 30.9 Å². The predicted octanol–water partition coefficient (Wildman–Crippen LogP) is 13.8. The van der Waals surface area contributed by atoms with E-state index >= 15 is 0 Å². The van der Waals surface area contributed by atoms with E-state index in [9.17, 15) is 0 Å². The van der Waals surface area contributed by atoms with Crippen molar-refractivity contribution in [2.45, 2.75) is 108 Å². The standard InChI is InChI=1S/C37H40NO.C14H16GeN.Ir/c1-36(2,3)28-19-27(20-29(23-28)37(4,5)6)25-15-16-30-31-13-10-14-32(35(31)39-34(30)22-25)33-21-26(17-18-38-33)24-11-8-7-9-12-24;1-15(2,3)13-9-10-14(16-11-13)12-7-5-4-6-8-12;/h10,13,15-24H,7-9,11-12H2,1-6H3;4-7,9-11H,1-3H3;/q2*-1;. The van der Waals surface area contributed by atoms with Crippen molar-refractivity contribution in [2.75, 3.05) is 0 Å². The first-order valence-corrected chi connectivity index (χ1v) is 27.4. The first-order valence-electron chi connectivity index (χ1n) is 20.1. The molecule has 3 heterocycles. The Morgan fingerprint density at radius 1 is 0.661 bits per heavy atom. The SMILES string of the molecule is CC(C)(C)c1cc(-c2ccc3c(c2)oc2c(-c4cc(C5CCCCC5)ccn4)[c-]ccc23)cc(C(C)(C)C)c1.[CH3][Ge]([CH3])([CH3])[c]1ccc(-c2[c-]cccc2)nc1.[Ir]. The van der Waals surface area contributed by atoms with Gasteiger partial charge in [-0.3, -0.25) is 0 Å². The summed E-state index contributed by atoms with van der Waals surface area (Å²) < 4.78 is 8.05. The molecule has 3 aromatic heterocycles. The maximum Gasteiger partial charge on any atom is 0 e. The van der Waals surface area contributed by atoms with Crippen LogP contribution in [0.25, 0.3) is 55.6 Å². The molecule has 0 amide bonds. The fourth-order valence-electron chi connectivity index (χ4n) is 7.59. The third-order valence-corrected chi connectivity index (χ3v) is 15.4. The van der Waals surface area contributed by atoms with Gasteiger partial charge in [0.15, 0.2) is 0 Å². The molecule has 1 fully saturated rings. The van der Waals surface area contributed by atoms with E-state index in [4.69, 9.17) is 9.40 Å². The number of hydrogen-bond donors (Lipinski definition) is 0. The zero-order valence-corrected chi connectivity index (χ0v) is 39.1. The van der Waals surface area contributed by atoms with Gasteiger partial charge in [-0.2, -0.15) is 0 Å². The van der Waals surface area contributed by atoms with E-state index in [2.05, 4.69) is 143 Å². The van der Waals surface area contributed by atoms with Gasteiger partial charge in [-0.25, -0.2) is 0 Å². The van der Waals surface area contributed by atoms with Gasteiger partial charge in [0.2, 0.25) is 0 Å². The number of fused-ring (bicyclic) bond motifs is 3. The molecule has 291 valence electrons. The van der Waals surface area contributed by atoms with Crippen LogP contribution < -0.4 is 4.40 Å². The Morgan fingerprint density at radius 3 is 2.02 bits per heavy atom. The minimum atomic E-state index is -1.72. The van der Waals surface area contributed by atoms with E-state index < -0.39 is 13.3 Å². The molecule has 0 aliphatic heterocycles. The average molecular weight is 978 g/mol. The molecule has 1 saturated carbocycles. The summed E-state index contributed by atoms with van der Waals surface area (Å²) >= 11 is -1.72. The van der Waals surface area contributed by atoms with Gasteiger partial charge in [0.1, 0.15) is 5.58 Å². The smallest absolute Gasteiger partial charge is 0 e. The molecule has 1 radical (unpaired) electrons. The molecular weight excluding hydrogens is 921 g/mol. The van der Waals surface area contributed by atoms with Crippen LogP contribution in [0.3, 0.4) is 0 Å². The number of furan rings is 1. The van der Waals surface area contributed by atoms with Crippen LogP contribution in [0.5, 0.6) is 0 Å². The number of rotatable bonds is 5. The third kappa shape index (κ3) is 9.47. The number of benzene rings is 4. The van der Waals surface area contributed by atoms with Gasteiger partial charge >= 0.3 is 99.8 Å². The molecule has 1 aliphatic rings. The number of pyridine rings is 2. The van der Waals surface area contributed by atoms with Crippen molar-refractivity contribution in [3.05, 3.63) is 138 Å². The first-order chi connectivity index (χ1) is 26.1. The molecular formula is C51H56GeIrN2O-2. The van der Waals surface area contributed by atoms with E-state index in [-0.39, 0.29) is 30.9 Å². The molecule has 3 nitrogen and oxygen atoms in total. The van der Waals surface area contributed by atoms with E-state index in [1.807, 2.05) is 42.7 Å². The second-order valence-electron chi connectivity index (χ2n) is 18.5. The van der Waals surface area contributed by atoms with E-state index in [0.717, 1.165) is 44.5 Å². The van der Waals surface area contributed by atoms with Crippen LogP contribution in [-0.4, -0.2) is 23.2 Å². The summed E-state index contributed by atoms with van der Waals surface area (Å²) in [7, 11) is 0. The minimum absolute atomic E-state index is 0. The van der Waals surface area contributed by atoms with E-state index in [0.29, 0.717) is 5.92 Å². The molecule has 0 unspecified atom stereocenters. The maximum atomic E-state index is 6.61. The first kappa shape index (κ1) is 41.8. The zero-order chi connectivity index (χ0) is 39.0. The second kappa shape index (κ2) is 17.0. The molecule has 0 saturated heterocycles. The largest absolute Gasteiger partial charge is 0 e. The Hall–Kier alpha value is -3.83. The Balaban J connectivity index is 0.000000263. The number of aromatic nitrogens is 2. The van der Waals surface area contributed by atoms with Crippen molar-refractivity contribution in [3.63, 3.8) is 0 Å². The molecule has 8 rings (SSSR count). The quantitative estimate of drug-likeness (QED) is 0.127.